The van der Waals surface area contributed by atoms with Gasteiger partial charge in [0.05, 0.1) is 6.61 Å². The topological polar surface area (TPSA) is 83.8 Å². The van der Waals surface area contributed by atoms with Crippen LogP contribution in [0.1, 0.15) is 6.92 Å². The van der Waals surface area contributed by atoms with Crippen molar-refractivity contribution in [3.8, 4) is 0 Å². The zero-order valence-electron chi connectivity index (χ0n) is 7.06. The van der Waals surface area contributed by atoms with Gasteiger partial charge in [-0.3, -0.25) is 9.59 Å². The molecule has 0 aromatic heterocycles. The van der Waals surface area contributed by atoms with Crippen molar-refractivity contribution in [2.75, 3.05) is 6.61 Å². The summed E-state index contributed by atoms with van der Waals surface area (Å²) in [6.45, 7) is 0.394. The molecule has 1 aliphatic rings. The standard InChI is InChI=1S/C8H10O5/c1-5(10)13-7-3-2-6(11)8(7,12)4-9/h2-3,7,9,12H,4H2,1H3. The van der Waals surface area contributed by atoms with E-state index in [2.05, 4.69) is 4.74 Å². The Labute approximate surface area is 74.6 Å². The van der Waals surface area contributed by atoms with Gasteiger partial charge in [0.1, 0.15) is 0 Å². The van der Waals surface area contributed by atoms with Crippen molar-refractivity contribution in [1.29, 1.82) is 0 Å². The molecule has 2 N–H and O–H groups in total. The Morgan fingerprint density at radius 1 is 1.77 bits per heavy atom. The smallest absolute Gasteiger partial charge is 0.303 e. The van der Waals surface area contributed by atoms with Crippen LogP contribution >= 0.6 is 0 Å². The number of carbonyl (C=O) groups excluding carboxylic acids is 2. The number of rotatable bonds is 2. The number of esters is 1. The summed E-state index contributed by atoms with van der Waals surface area (Å²) in [6.07, 6.45) is 1.26. The van der Waals surface area contributed by atoms with Crippen LogP contribution in [0, 0.1) is 0 Å². The molecule has 1 aliphatic carbocycles. The predicted octanol–water partition coefficient (Wildman–Crippen LogP) is -1.22. The highest BCUT2D eigenvalue weighted by Crippen LogP contribution is 2.23. The van der Waals surface area contributed by atoms with E-state index in [1.54, 1.807) is 0 Å². The molecule has 0 amide bonds. The van der Waals surface area contributed by atoms with Crippen LogP contribution in [0.3, 0.4) is 0 Å². The Bertz CT molecular complexity index is 270. The van der Waals surface area contributed by atoms with E-state index in [0.29, 0.717) is 0 Å². The fourth-order valence-corrected chi connectivity index (χ4v) is 1.10. The fourth-order valence-electron chi connectivity index (χ4n) is 1.10. The Kier molecular flexibility index (Phi) is 2.49. The number of ketones is 1. The van der Waals surface area contributed by atoms with Crippen molar-refractivity contribution in [2.45, 2.75) is 18.6 Å². The highest BCUT2D eigenvalue weighted by atomic mass is 16.6. The van der Waals surface area contributed by atoms with Crippen LogP contribution in [-0.4, -0.2) is 40.3 Å². The summed E-state index contributed by atoms with van der Waals surface area (Å²) in [6, 6.07) is 0. The molecule has 1 rings (SSSR count). The van der Waals surface area contributed by atoms with Gasteiger partial charge in [0.15, 0.2) is 17.5 Å². The Morgan fingerprint density at radius 3 is 2.85 bits per heavy atom. The zero-order valence-corrected chi connectivity index (χ0v) is 7.06. The quantitative estimate of drug-likeness (QED) is 0.528. The fraction of sp³-hybridized carbons (Fsp3) is 0.500. The molecule has 2 atom stereocenters. The van der Waals surface area contributed by atoms with Crippen LogP contribution in [0.2, 0.25) is 0 Å². The van der Waals surface area contributed by atoms with Gasteiger partial charge in [-0.25, -0.2) is 0 Å². The predicted molar refractivity (Wildman–Crippen MR) is 41.7 cm³/mol. The van der Waals surface area contributed by atoms with Gasteiger partial charge >= 0.3 is 5.97 Å². The zero-order chi connectivity index (χ0) is 10.1. The normalized spacial score (nSPS) is 32.2. The molecule has 0 heterocycles. The molecule has 5 nitrogen and oxygen atoms in total. The molecule has 0 aliphatic heterocycles. The minimum absolute atomic E-state index is 0.615. The van der Waals surface area contributed by atoms with Gasteiger partial charge in [-0.2, -0.15) is 0 Å². The molecule has 13 heavy (non-hydrogen) atoms. The van der Waals surface area contributed by atoms with Crippen molar-refractivity contribution >= 4 is 11.8 Å². The molecule has 2 unspecified atom stereocenters. The maximum absolute atomic E-state index is 11.0. The first kappa shape index (κ1) is 9.88. The second kappa shape index (κ2) is 3.27. The molecule has 5 heteroatoms. The van der Waals surface area contributed by atoms with Gasteiger partial charge in [-0.1, -0.05) is 0 Å². The molecule has 0 saturated carbocycles. The number of hydrogen-bond donors (Lipinski definition) is 2. The molecular formula is C8H10O5. The Balaban J connectivity index is 2.81. The minimum Gasteiger partial charge on any atom is -0.455 e. The Hall–Kier alpha value is -1.20. The van der Waals surface area contributed by atoms with Crippen LogP contribution in [0.25, 0.3) is 0 Å². The molecule has 0 saturated heterocycles. The average molecular weight is 186 g/mol. The number of aliphatic hydroxyl groups excluding tert-OH is 1. The maximum Gasteiger partial charge on any atom is 0.303 e. The van der Waals surface area contributed by atoms with Crippen molar-refractivity contribution in [1.82, 2.24) is 0 Å². The van der Waals surface area contributed by atoms with Gasteiger partial charge in [-0.15, -0.1) is 0 Å². The van der Waals surface area contributed by atoms with Gasteiger partial charge < -0.3 is 14.9 Å². The van der Waals surface area contributed by atoms with Crippen LogP contribution in [0.4, 0.5) is 0 Å². The number of ether oxygens (including phenoxy) is 1. The van der Waals surface area contributed by atoms with Crippen LogP contribution in [0.15, 0.2) is 12.2 Å². The van der Waals surface area contributed by atoms with Gasteiger partial charge in [0, 0.05) is 6.92 Å². The number of aliphatic hydroxyl groups is 2. The van der Waals surface area contributed by atoms with Crippen LogP contribution in [0.5, 0.6) is 0 Å². The van der Waals surface area contributed by atoms with E-state index in [0.717, 1.165) is 13.0 Å². The van der Waals surface area contributed by atoms with Crippen LogP contribution in [-0.2, 0) is 14.3 Å². The molecule has 0 radical (unpaired) electrons. The summed E-state index contributed by atoms with van der Waals surface area (Å²) in [5.74, 6) is -1.27. The van der Waals surface area contributed by atoms with Crippen molar-refractivity contribution in [2.24, 2.45) is 0 Å². The first-order valence-corrected chi connectivity index (χ1v) is 3.74. The van der Waals surface area contributed by atoms with E-state index in [9.17, 15) is 14.7 Å². The lowest BCUT2D eigenvalue weighted by Gasteiger charge is -2.25. The largest absolute Gasteiger partial charge is 0.455 e. The van der Waals surface area contributed by atoms with E-state index >= 15 is 0 Å². The Morgan fingerprint density at radius 2 is 2.38 bits per heavy atom. The van der Waals surface area contributed by atoms with E-state index in [1.165, 1.54) is 6.08 Å². The maximum atomic E-state index is 11.0. The number of carbonyl (C=O) groups is 2. The third-order valence-electron chi connectivity index (χ3n) is 1.85. The third-order valence-corrected chi connectivity index (χ3v) is 1.85. The highest BCUT2D eigenvalue weighted by Gasteiger charge is 2.47. The summed E-state index contributed by atoms with van der Waals surface area (Å²) >= 11 is 0. The first-order chi connectivity index (χ1) is 6.00. The van der Waals surface area contributed by atoms with Gasteiger partial charge in [0.25, 0.3) is 0 Å². The van der Waals surface area contributed by atoms with Crippen molar-refractivity contribution in [3.05, 3.63) is 12.2 Å². The summed E-state index contributed by atoms with van der Waals surface area (Å²) in [7, 11) is 0. The van der Waals surface area contributed by atoms with Crippen molar-refractivity contribution < 1.29 is 24.5 Å². The second-order valence-corrected chi connectivity index (χ2v) is 2.84. The average Bonchev–Trinajstić information content (AvgIpc) is 2.33. The second-order valence-electron chi connectivity index (χ2n) is 2.84. The summed E-state index contributed by atoms with van der Waals surface area (Å²) in [5.41, 5.74) is -1.99. The summed E-state index contributed by atoms with van der Waals surface area (Å²) in [4.78, 5) is 21.6. The summed E-state index contributed by atoms with van der Waals surface area (Å²) in [5, 5.41) is 18.3. The SMILES string of the molecule is CC(=O)OC1C=CC(=O)C1(O)CO. The lowest BCUT2D eigenvalue weighted by molar-refractivity contribution is -0.164. The minimum atomic E-state index is -1.99. The van der Waals surface area contributed by atoms with E-state index in [4.69, 9.17) is 5.11 Å². The molecular weight excluding hydrogens is 176 g/mol. The molecule has 72 valence electrons. The van der Waals surface area contributed by atoms with E-state index in [1.807, 2.05) is 0 Å². The molecule has 0 spiro atoms. The van der Waals surface area contributed by atoms with E-state index < -0.39 is 30.1 Å². The van der Waals surface area contributed by atoms with Gasteiger partial charge in [0.2, 0.25) is 0 Å². The number of hydrogen-bond acceptors (Lipinski definition) is 5. The lowest BCUT2D eigenvalue weighted by atomic mass is 9.99. The van der Waals surface area contributed by atoms with Crippen LogP contribution < -0.4 is 0 Å². The van der Waals surface area contributed by atoms with Crippen molar-refractivity contribution in [3.63, 3.8) is 0 Å². The van der Waals surface area contributed by atoms with E-state index in [-0.39, 0.29) is 0 Å². The summed E-state index contributed by atoms with van der Waals surface area (Å²) < 4.78 is 4.63. The monoisotopic (exact) mass is 186 g/mol. The lowest BCUT2D eigenvalue weighted by Crippen LogP contribution is -2.49. The third kappa shape index (κ3) is 1.61. The molecule has 0 aromatic rings. The first-order valence-electron chi connectivity index (χ1n) is 3.74. The molecule has 0 aromatic carbocycles. The molecule has 0 bridgehead atoms. The highest BCUT2D eigenvalue weighted by molar-refractivity contribution is 6.00. The molecule has 0 fully saturated rings. The van der Waals surface area contributed by atoms with Gasteiger partial charge in [-0.05, 0) is 12.2 Å².